The molecule has 1 aliphatic rings. The zero-order chi connectivity index (χ0) is 25.3. The molecule has 0 N–H and O–H groups in total. The summed E-state index contributed by atoms with van der Waals surface area (Å²) in [5, 5.41) is 5.28. The van der Waals surface area contributed by atoms with Crippen LogP contribution in [-0.4, -0.2) is 16.8 Å². The summed E-state index contributed by atoms with van der Waals surface area (Å²) in [6.45, 7) is 12.5. The molecule has 0 fully saturated rings. The molecule has 0 atom stereocenters. The van der Waals surface area contributed by atoms with Crippen LogP contribution >= 0.6 is 0 Å². The average Bonchev–Trinajstić information content (AvgIpc) is 3.11. The minimum atomic E-state index is -0.0567. The average molecular weight is 471 g/mol. The Morgan fingerprint density at radius 3 is 2.11 bits per heavy atom. The minimum absolute atomic E-state index is 0.0528. The maximum Gasteiger partial charge on any atom is 0.210 e. The largest absolute Gasteiger partial charge is 0.210 e. The van der Waals surface area contributed by atoms with Crippen LogP contribution in [0.3, 0.4) is 0 Å². The molecule has 180 valence electrons. The maximum atomic E-state index is 2.46. The maximum absolute atomic E-state index is 2.46. The van der Waals surface area contributed by atoms with Crippen LogP contribution in [0.2, 0.25) is 0 Å². The van der Waals surface area contributed by atoms with Gasteiger partial charge in [0, 0.05) is 23.1 Å². The van der Waals surface area contributed by atoms with Crippen molar-refractivity contribution in [1.29, 1.82) is 0 Å². The van der Waals surface area contributed by atoms with Crippen LogP contribution in [-0.2, 0) is 10.8 Å². The summed E-state index contributed by atoms with van der Waals surface area (Å²) in [4.78, 5) is 0. The SMILES string of the molecule is CC[N+]1=C(/C=C/C=C/C=CC(C)(C)c2cccc3ccccc23)C(C)(C)c2c1ccc1ccccc21. The van der Waals surface area contributed by atoms with Gasteiger partial charge < -0.3 is 0 Å². The van der Waals surface area contributed by atoms with E-state index in [1.807, 2.05) is 0 Å². The topological polar surface area (TPSA) is 3.01 Å². The third-order valence-corrected chi connectivity index (χ3v) is 7.65. The first kappa shape index (κ1) is 24.0. The standard InChI is InChI=1S/C35H36N/c1-6-36-31-24-23-27-17-11-13-20-29(27)33(31)35(4,5)32(36)22-9-7-8-14-25-34(2,3)30-21-15-18-26-16-10-12-19-28(26)30/h7-25H,6H2,1-5H3/q+1/b8-7+,22-9+,25-14?. The molecule has 0 aliphatic carbocycles. The molecule has 4 aromatic carbocycles. The zero-order valence-electron chi connectivity index (χ0n) is 22.1. The molecule has 0 radical (unpaired) electrons. The third-order valence-electron chi connectivity index (χ3n) is 7.65. The van der Waals surface area contributed by atoms with Crippen molar-refractivity contribution < 1.29 is 4.58 Å². The molecule has 1 heteroatoms. The van der Waals surface area contributed by atoms with Gasteiger partial charge in [-0.05, 0) is 53.9 Å². The number of hydrogen-bond acceptors (Lipinski definition) is 0. The van der Waals surface area contributed by atoms with Crippen molar-refractivity contribution in [2.24, 2.45) is 0 Å². The number of nitrogens with zero attached hydrogens (tertiary/aromatic N) is 1. The number of rotatable bonds is 6. The second-order valence-electron chi connectivity index (χ2n) is 10.8. The first-order chi connectivity index (χ1) is 17.3. The Bertz CT molecular complexity index is 1550. The van der Waals surface area contributed by atoms with E-state index in [-0.39, 0.29) is 10.8 Å². The highest BCUT2D eigenvalue weighted by Gasteiger charge is 2.44. The van der Waals surface area contributed by atoms with Crippen molar-refractivity contribution in [1.82, 2.24) is 0 Å². The monoisotopic (exact) mass is 470 g/mol. The summed E-state index contributed by atoms with van der Waals surface area (Å²) in [5.74, 6) is 0. The highest BCUT2D eigenvalue weighted by Crippen LogP contribution is 2.44. The Balaban J connectivity index is 1.38. The Kier molecular flexibility index (Phi) is 6.26. The Hall–Kier alpha value is -3.71. The molecule has 1 nitrogen and oxygen atoms in total. The fourth-order valence-electron chi connectivity index (χ4n) is 5.82. The molecule has 0 spiro atoms. The van der Waals surface area contributed by atoms with Gasteiger partial charge in [0.25, 0.3) is 0 Å². The van der Waals surface area contributed by atoms with Gasteiger partial charge in [-0.15, -0.1) is 0 Å². The molecule has 0 bridgehead atoms. The van der Waals surface area contributed by atoms with Crippen molar-refractivity contribution in [3.63, 3.8) is 0 Å². The first-order valence-electron chi connectivity index (χ1n) is 13.0. The number of hydrogen-bond donors (Lipinski definition) is 0. The van der Waals surface area contributed by atoms with Crippen LogP contribution < -0.4 is 0 Å². The Morgan fingerprint density at radius 1 is 0.722 bits per heavy atom. The summed E-state index contributed by atoms with van der Waals surface area (Å²) in [5.41, 5.74) is 5.36. The molecule has 0 unspecified atom stereocenters. The Morgan fingerprint density at radius 2 is 1.36 bits per heavy atom. The van der Waals surface area contributed by atoms with E-state index in [0.29, 0.717) is 0 Å². The van der Waals surface area contributed by atoms with E-state index in [4.69, 9.17) is 0 Å². The van der Waals surface area contributed by atoms with Crippen molar-refractivity contribution in [3.8, 4) is 0 Å². The second kappa shape index (κ2) is 9.39. The van der Waals surface area contributed by atoms with E-state index in [9.17, 15) is 0 Å². The van der Waals surface area contributed by atoms with Crippen LogP contribution in [0.1, 0.15) is 45.7 Å². The molecule has 5 rings (SSSR count). The van der Waals surface area contributed by atoms with Gasteiger partial charge in [-0.2, -0.15) is 4.58 Å². The predicted molar refractivity (Wildman–Crippen MR) is 157 cm³/mol. The predicted octanol–water partition coefficient (Wildman–Crippen LogP) is 9.04. The second-order valence-corrected chi connectivity index (χ2v) is 10.8. The molecule has 0 amide bonds. The molecule has 0 saturated heterocycles. The molecule has 0 saturated carbocycles. The molecule has 36 heavy (non-hydrogen) atoms. The lowest BCUT2D eigenvalue weighted by Crippen LogP contribution is -2.27. The van der Waals surface area contributed by atoms with Crippen molar-refractivity contribution in [3.05, 3.63) is 126 Å². The lowest BCUT2D eigenvalue weighted by molar-refractivity contribution is -0.433. The van der Waals surface area contributed by atoms with Gasteiger partial charge in [-0.1, -0.05) is 111 Å². The number of allylic oxidation sites excluding steroid dienone is 6. The van der Waals surface area contributed by atoms with Gasteiger partial charge in [0.1, 0.15) is 6.54 Å². The fraction of sp³-hybridized carbons (Fsp3) is 0.229. The lowest BCUT2D eigenvalue weighted by Gasteiger charge is -2.23. The van der Waals surface area contributed by atoms with Gasteiger partial charge in [0.15, 0.2) is 5.71 Å². The quantitative estimate of drug-likeness (QED) is 0.195. The highest BCUT2D eigenvalue weighted by atomic mass is 15.0. The summed E-state index contributed by atoms with van der Waals surface area (Å²) in [6.07, 6.45) is 13.2. The van der Waals surface area contributed by atoms with Crippen molar-refractivity contribution in [2.45, 2.75) is 45.4 Å². The molecule has 1 aliphatic heterocycles. The van der Waals surface area contributed by atoms with E-state index >= 15 is 0 Å². The van der Waals surface area contributed by atoms with E-state index in [1.54, 1.807) is 0 Å². The highest BCUT2D eigenvalue weighted by molar-refractivity contribution is 6.07. The van der Waals surface area contributed by atoms with Crippen LogP contribution in [0.15, 0.2) is 115 Å². The van der Waals surface area contributed by atoms with Crippen LogP contribution in [0, 0.1) is 0 Å². The Labute approximate surface area is 215 Å². The minimum Gasteiger partial charge on any atom is -0.195 e. The smallest absolute Gasteiger partial charge is 0.195 e. The number of benzene rings is 4. The van der Waals surface area contributed by atoms with Crippen LogP contribution in [0.25, 0.3) is 21.5 Å². The van der Waals surface area contributed by atoms with Crippen molar-refractivity contribution >= 4 is 32.9 Å². The third kappa shape index (κ3) is 4.13. The summed E-state index contributed by atoms with van der Waals surface area (Å²) >= 11 is 0. The van der Waals surface area contributed by atoms with Gasteiger partial charge >= 0.3 is 0 Å². The van der Waals surface area contributed by atoms with Gasteiger partial charge in [-0.3, -0.25) is 0 Å². The molecule has 1 heterocycles. The van der Waals surface area contributed by atoms with E-state index in [1.165, 1.54) is 44.1 Å². The van der Waals surface area contributed by atoms with Gasteiger partial charge in [0.05, 0.1) is 5.41 Å². The molecular weight excluding hydrogens is 434 g/mol. The van der Waals surface area contributed by atoms with E-state index in [2.05, 4.69) is 155 Å². The van der Waals surface area contributed by atoms with Gasteiger partial charge in [0.2, 0.25) is 5.69 Å². The first-order valence-corrected chi connectivity index (χ1v) is 13.0. The van der Waals surface area contributed by atoms with E-state index < -0.39 is 0 Å². The fourth-order valence-corrected chi connectivity index (χ4v) is 5.82. The summed E-state index contributed by atoms with van der Waals surface area (Å²) in [7, 11) is 0. The van der Waals surface area contributed by atoms with Gasteiger partial charge in [-0.25, -0.2) is 0 Å². The molecule has 0 aromatic heterocycles. The summed E-state index contributed by atoms with van der Waals surface area (Å²) in [6, 6.07) is 28.5. The van der Waals surface area contributed by atoms with Crippen LogP contribution in [0.5, 0.6) is 0 Å². The lowest BCUT2D eigenvalue weighted by atomic mass is 9.79. The molecule has 4 aromatic rings. The van der Waals surface area contributed by atoms with Crippen LogP contribution in [0.4, 0.5) is 5.69 Å². The van der Waals surface area contributed by atoms with E-state index in [0.717, 1.165) is 6.54 Å². The molecular formula is C35H36N+. The van der Waals surface area contributed by atoms with Crippen molar-refractivity contribution in [2.75, 3.05) is 6.54 Å². The summed E-state index contributed by atoms with van der Waals surface area (Å²) < 4.78 is 2.46. The number of fused-ring (bicyclic) bond motifs is 4. The normalized spacial score (nSPS) is 15.8. The zero-order valence-corrected chi connectivity index (χ0v) is 22.1.